The molecule has 2 aliphatic rings. The van der Waals surface area contributed by atoms with E-state index in [4.69, 9.17) is 9.47 Å². The molecule has 2 aromatic rings. The highest BCUT2D eigenvalue weighted by Gasteiger charge is 2.26. The molecule has 4 rings (SSSR count). The molecule has 1 atom stereocenters. The van der Waals surface area contributed by atoms with Crippen molar-refractivity contribution in [2.24, 2.45) is 5.92 Å². The van der Waals surface area contributed by atoms with Crippen molar-refractivity contribution in [1.29, 1.82) is 0 Å². The van der Waals surface area contributed by atoms with E-state index in [1.54, 1.807) is 7.11 Å². The van der Waals surface area contributed by atoms with Crippen LogP contribution in [-0.4, -0.2) is 64.2 Å². The van der Waals surface area contributed by atoms with Crippen LogP contribution in [0.1, 0.15) is 45.4 Å². The Hall–Kier alpha value is -2.06. The molecule has 32 heavy (non-hydrogen) atoms. The number of rotatable bonds is 8. The third-order valence-electron chi connectivity index (χ3n) is 6.73. The van der Waals surface area contributed by atoms with Gasteiger partial charge in [0.2, 0.25) is 5.91 Å². The third kappa shape index (κ3) is 5.46. The molecule has 7 nitrogen and oxygen atoms in total. The maximum Gasteiger partial charge on any atom is 0.233 e. The number of amides is 1. The maximum absolute atomic E-state index is 12.9. The first-order valence-corrected chi connectivity index (χ1v) is 12.6. The fourth-order valence-electron chi connectivity index (χ4n) is 4.57. The van der Waals surface area contributed by atoms with E-state index in [0.717, 1.165) is 60.5 Å². The third-order valence-corrected chi connectivity index (χ3v) is 7.68. The molecule has 1 aromatic heterocycles. The second-order valence-corrected chi connectivity index (χ2v) is 9.93. The number of hydrogen-bond acceptors (Lipinski definition) is 6. The molecular weight excluding hydrogens is 424 g/mol. The van der Waals surface area contributed by atoms with Crippen LogP contribution in [0.25, 0.3) is 11.4 Å². The highest BCUT2D eigenvalue weighted by Crippen LogP contribution is 2.29. The van der Waals surface area contributed by atoms with Crippen molar-refractivity contribution < 1.29 is 14.3 Å². The smallest absolute Gasteiger partial charge is 0.233 e. The van der Waals surface area contributed by atoms with E-state index in [1.165, 1.54) is 24.6 Å². The molecule has 1 unspecified atom stereocenters. The van der Waals surface area contributed by atoms with Crippen LogP contribution in [0.5, 0.6) is 5.75 Å². The lowest BCUT2D eigenvalue weighted by Gasteiger charge is -2.33. The van der Waals surface area contributed by atoms with E-state index < -0.39 is 0 Å². The first-order chi connectivity index (χ1) is 15.5. The molecular formula is C24H34N4O3S. The van der Waals surface area contributed by atoms with Crippen molar-refractivity contribution in [2.75, 3.05) is 26.5 Å². The van der Waals surface area contributed by atoms with Gasteiger partial charge in [-0.25, -0.2) is 0 Å². The van der Waals surface area contributed by atoms with Crippen LogP contribution in [-0.2, 0) is 16.1 Å². The van der Waals surface area contributed by atoms with Gasteiger partial charge in [0.05, 0.1) is 25.5 Å². The number of ether oxygens (including phenoxy) is 2. The molecule has 2 fully saturated rings. The molecule has 1 aromatic carbocycles. The average molecular weight is 459 g/mol. The normalized spacial score (nSPS) is 23.3. The quantitative estimate of drug-likeness (QED) is 0.551. The second kappa shape index (κ2) is 10.7. The van der Waals surface area contributed by atoms with Gasteiger partial charge >= 0.3 is 0 Å². The Morgan fingerprint density at radius 3 is 2.59 bits per heavy atom. The Morgan fingerprint density at radius 2 is 1.94 bits per heavy atom. The van der Waals surface area contributed by atoms with Gasteiger partial charge in [-0.15, -0.1) is 10.2 Å². The number of hydrogen-bond donors (Lipinski definition) is 0. The van der Waals surface area contributed by atoms with Gasteiger partial charge in [0, 0.05) is 25.3 Å². The number of benzene rings is 1. The highest BCUT2D eigenvalue weighted by atomic mass is 32.2. The predicted molar refractivity (Wildman–Crippen MR) is 126 cm³/mol. The molecule has 1 amide bonds. The van der Waals surface area contributed by atoms with E-state index in [9.17, 15) is 4.79 Å². The van der Waals surface area contributed by atoms with Crippen molar-refractivity contribution >= 4 is 17.7 Å². The first kappa shape index (κ1) is 23.1. The molecule has 0 spiro atoms. The first-order valence-electron chi connectivity index (χ1n) is 11.6. The minimum atomic E-state index is 0.157. The lowest BCUT2D eigenvalue weighted by Crippen LogP contribution is -2.40. The maximum atomic E-state index is 12.9. The molecule has 1 saturated carbocycles. The molecule has 1 aliphatic carbocycles. The van der Waals surface area contributed by atoms with Crippen molar-refractivity contribution in [3.8, 4) is 17.1 Å². The van der Waals surface area contributed by atoms with Gasteiger partial charge in [0.25, 0.3) is 0 Å². The van der Waals surface area contributed by atoms with Gasteiger partial charge in [0.15, 0.2) is 11.0 Å². The average Bonchev–Trinajstić information content (AvgIpc) is 3.48. The molecule has 8 heteroatoms. The standard InChI is InChI=1S/C24H34N4O3S/c1-17-6-10-19(11-7-17)27(2)22(29)16-32-24-26-25-23(18-8-12-20(30-3)13-9-18)28(24)15-21-5-4-14-31-21/h8-9,12-13,17,19,21H,4-7,10-11,14-16H2,1-3H3. The summed E-state index contributed by atoms with van der Waals surface area (Å²) in [6.45, 7) is 3.80. The Labute approximate surface area is 194 Å². The van der Waals surface area contributed by atoms with Crippen LogP contribution in [0, 0.1) is 5.92 Å². The van der Waals surface area contributed by atoms with Crippen LogP contribution in [0.3, 0.4) is 0 Å². The van der Waals surface area contributed by atoms with Gasteiger partial charge in [0.1, 0.15) is 5.75 Å². The highest BCUT2D eigenvalue weighted by molar-refractivity contribution is 7.99. The van der Waals surface area contributed by atoms with Crippen molar-refractivity contribution in [1.82, 2.24) is 19.7 Å². The Balaban J connectivity index is 1.47. The zero-order valence-electron chi connectivity index (χ0n) is 19.3. The van der Waals surface area contributed by atoms with Crippen LogP contribution in [0.4, 0.5) is 0 Å². The Kier molecular flexibility index (Phi) is 7.73. The van der Waals surface area contributed by atoms with E-state index in [0.29, 0.717) is 18.3 Å². The topological polar surface area (TPSA) is 69.5 Å². The van der Waals surface area contributed by atoms with E-state index in [2.05, 4.69) is 21.7 Å². The summed E-state index contributed by atoms with van der Waals surface area (Å²) in [6, 6.07) is 8.20. The Bertz CT molecular complexity index is 887. The van der Waals surface area contributed by atoms with Crippen LogP contribution in [0.2, 0.25) is 0 Å². The van der Waals surface area contributed by atoms with Crippen LogP contribution < -0.4 is 4.74 Å². The Morgan fingerprint density at radius 1 is 1.19 bits per heavy atom. The summed E-state index contributed by atoms with van der Waals surface area (Å²) in [4.78, 5) is 14.9. The number of aromatic nitrogens is 3. The van der Waals surface area contributed by atoms with Crippen LogP contribution >= 0.6 is 11.8 Å². The molecule has 0 bridgehead atoms. The zero-order valence-corrected chi connectivity index (χ0v) is 20.1. The van der Waals surface area contributed by atoms with Gasteiger partial charge in [-0.05, 0) is 68.7 Å². The summed E-state index contributed by atoms with van der Waals surface area (Å²) in [6.07, 6.45) is 6.88. The number of nitrogens with zero attached hydrogens (tertiary/aromatic N) is 4. The molecule has 2 heterocycles. The molecule has 0 N–H and O–H groups in total. The minimum absolute atomic E-state index is 0.157. The summed E-state index contributed by atoms with van der Waals surface area (Å²) >= 11 is 1.47. The van der Waals surface area contributed by atoms with Crippen molar-refractivity contribution in [3.05, 3.63) is 24.3 Å². The van der Waals surface area contributed by atoms with Gasteiger partial charge in [-0.1, -0.05) is 18.7 Å². The predicted octanol–water partition coefficient (Wildman–Crippen LogP) is 4.26. The van der Waals surface area contributed by atoms with Gasteiger partial charge in [-0.2, -0.15) is 0 Å². The number of thioether (sulfide) groups is 1. The van der Waals surface area contributed by atoms with Gasteiger partial charge < -0.3 is 14.4 Å². The summed E-state index contributed by atoms with van der Waals surface area (Å²) in [5.41, 5.74) is 0.975. The number of carbonyl (C=O) groups is 1. The largest absolute Gasteiger partial charge is 0.497 e. The summed E-state index contributed by atoms with van der Waals surface area (Å²) in [5.74, 6) is 2.91. The molecule has 0 radical (unpaired) electrons. The fourth-order valence-corrected chi connectivity index (χ4v) is 5.44. The molecule has 1 saturated heterocycles. The minimum Gasteiger partial charge on any atom is -0.497 e. The lowest BCUT2D eigenvalue weighted by atomic mass is 9.87. The molecule has 1 aliphatic heterocycles. The number of carbonyl (C=O) groups excluding carboxylic acids is 1. The zero-order chi connectivity index (χ0) is 22.5. The lowest BCUT2D eigenvalue weighted by molar-refractivity contribution is -0.129. The fraction of sp³-hybridized carbons (Fsp3) is 0.625. The number of methoxy groups -OCH3 is 1. The van der Waals surface area contributed by atoms with Crippen molar-refractivity contribution in [2.45, 2.75) is 69.3 Å². The monoisotopic (exact) mass is 458 g/mol. The van der Waals surface area contributed by atoms with Crippen LogP contribution in [0.15, 0.2) is 29.4 Å². The summed E-state index contributed by atoms with van der Waals surface area (Å²) < 4.78 is 13.3. The molecule has 174 valence electrons. The van der Waals surface area contributed by atoms with Gasteiger partial charge in [-0.3, -0.25) is 9.36 Å². The summed E-state index contributed by atoms with van der Waals surface area (Å²) in [7, 11) is 3.61. The summed E-state index contributed by atoms with van der Waals surface area (Å²) in [5, 5.41) is 9.69. The van der Waals surface area contributed by atoms with E-state index >= 15 is 0 Å². The SMILES string of the molecule is COc1ccc(-c2nnc(SCC(=O)N(C)C3CCC(C)CC3)n2CC2CCCO2)cc1. The van der Waals surface area contributed by atoms with E-state index in [1.807, 2.05) is 36.2 Å². The second-order valence-electron chi connectivity index (χ2n) is 8.99. The van der Waals surface area contributed by atoms with E-state index in [-0.39, 0.29) is 12.0 Å². The van der Waals surface area contributed by atoms with Crippen molar-refractivity contribution in [3.63, 3.8) is 0 Å².